The van der Waals surface area contributed by atoms with E-state index in [2.05, 4.69) is 12.2 Å². The number of hydrogen-bond acceptors (Lipinski definition) is 2. The molecule has 23 heavy (non-hydrogen) atoms. The van der Waals surface area contributed by atoms with Gasteiger partial charge in [0.25, 0.3) is 0 Å². The largest absolute Gasteiger partial charge is 0.354 e. The SMILES string of the molecule is CCCCNC(=O)[C@H](C)N(Cc1ccccc1Cl)C(=O)CCC. The van der Waals surface area contributed by atoms with Crippen LogP contribution in [0.3, 0.4) is 0 Å². The molecule has 1 aromatic carbocycles. The first-order valence-corrected chi connectivity index (χ1v) is 8.69. The van der Waals surface area contributed by atoms with Crippen LogP contribution in [0.15, 0.2) is 24.3 Å². The Bertz CT molecular complexity index is 519. The molecule has 1 atom stereocenters. The lowest BCUT2D eigenvalue weighted by Gasteiger charge is -2.29. The van der Waals surface area contributed by atoms with Crippen LogP contribution in [0.2, 0.25) is 5.02 Å². The standard InChI is InChI=1S/C18H27ClN2O2/c1-4-6-12-20-18(23)14(3)21(17(22)9-5-2)13-15-10-7-8-11-16(15)19/h7-8,10-11,14H,4-6,9,12-13H2,1-3H3,(H,20,23)/t14-/m0/s1. The minimum absolute atomic E-state index is 0.0226. The Morgan fingerprint density at radius 2 is 1.91 bits per heavy atom. The number of unbranched alkanes of at least 4 members (excludes halogenated alkanes) is 1. The molecule has 0 spiro atoms. The predicted octanol–water partition coefficient (Wildman–Crippen LogP) is 3.77. The molecule has 0 radical (unpaired) electrons. The van der Waals surface area contributed by atoms with Crippen molar-refractivity contribution in [2.24, 2.45) is 0 Å². The van der Waals surface area contributed by atoms with E-state index in [0.717, 1.165) is 24.8 Å². The Kier molecular flexibility index (Phi) is 8.70. The summed E-state index contributed by atoms with van der Waals surface area (Å²) in [4.78, 5) is 26.4. The lowest BCUT2D eigenvalue weighted by molar-refractivity contribution is -0.140. The van der Waals surface area contributed by atoms with Crippen molar-refractivity contribution in [3.63, 3.8) is 0 Å². The number of carbonyl (C=O) groups is 2. The summed E-state index contributed by atoms with van der Waals surface area (Å²) in [5.41, 5.74) is 0.854. The molecule has 0 aliphatic heterocycles. The van der Waals surface area contributed by atoms with Gasteiger partial charge in [-0.1, -0.05) is 50.1 Å². The molecule has 0 aromatic heterocycles. The fraction of sp³-hybridized carbons (Fsp3) is 0.556. The van der Waals surface area contributed by atoms with E-state index in [9.17, 15) is 9.59 Å². The Hall–Kier alpha value is -1.55. The second-order valence-electron chi connectivity index (χ2n) is 5.68. The van der Waals surface area contributed by atoms with E-state index in [1.54, 1.807) is 17.9 Å². The molecule has 4 nitrogen and oxygen atoms in total. The van der Waals surface area contributed by atoms with Gasteiger partial charge >= 0.3 is 0 Å². The van der Waals surface area contributed by atoms with Gasteiger partial charge in [0.15, 0.2) is 0 Å². The number of hydrogen-bond donors (Lipinski definition) is 1. The third-order valence-electron chi connectivity index (χ3n) is 3.76. The summed E-state index contributed by atoms with van der Waals surface area (Å²) in [5, 5.41) is 3.51. The molecule has 0 heterocycles. The topological polar surface area (TPSA) is 49.4 Å². The Labute approximate surface area is 144 Å². The zero-order valence-electron chi connectivity index (χ0n) is 14.3. The van der Waals surface area contributed by atoms with E-state index in [-0.39, 0.29) is 11.8 Å². The minimum Gasteiger partial charge on any atom is -0.354 e. The van der Waals surface area contributed by atoms with E-state index in [1.165, 1.54) is 0 Å². The van der Waals surface area contributed by atoms with Crippen molar-refractivity contribution in [3.05, 3.63) is 34.9 Å². The summed E-state index contributed by atoms with van der Waals surface area (Å²) < 4.78 is 0. The van der Waals surface area contributed by atoms with Gasteiger partial charge in [0, 0.05) is 24.5 Å². The second kappa shape index (κ2) is 10.3. The van der Waals surface area contributed by atoms with Crippen molar-refractivity contribution in [2.45, 2.75) is 59.0 Å². The molecule has 0 aliphatic carbocycles. The third-order valence-corrected chi connectivity index (χ3v) is 4.13. The molecule has 0 saturated carbocycles. The molecule has 0 aliphatic rings. The number of halogens is 1. The normalized spacial score (nSPS) is 11.8. The van der Waals surface area contributed by atoms with Gasteiger partial charge in [-0.15, -0.1) is 0 Å². The van der Waals surface area contributed by atoms with Gasteiger partial charge in [0.2, 0.25) is 11.8 Å². The molecule has 1 aromatic rings. The van der Waals surface area contributed by atoms with Crippen LogP contribution in [0.4, 0.5) is 0 Å². The zero-order valence-corrected chi connectivity index (χ0v) is 15.0. The number of benzene rings is 1. The maximum absolute atomic E-state index is 12.4. The van der Waals surface area contributed by atoms with Gasteiger partial charge in [-0.3, -0.25) is 9.59 Å². The summed E-state index contributed by atoms with van der Waals surface area (Å²) in [6.45, 7) is 6.79. The number of nitrogens with zero attached hydrogens (tertiary/aromatic N) is 1. The molecule has 1 N–H and O–H groups in total. The van der Waals surface area contributed by atoms with Crippen molar-refractivity contribution >= 4 is 23.4 Å². The molecule has 5 heteroatoms. The molecule has 0 unspecified atom stereocenters. The van der Waals surface area contributed by atoms with Crippen molar-refractivity contribution in [1.82, 2.24) is 10.2 Å². The highest BCUT2D eigenvalue weighted by Crippen LogP contribution is 2.19. The Balaban J connectivity index is 2.85. The summed E-state index contributed by atoms with van der Waals surface area (Å²) in [6.07, 6.45) is 3.14. The zero-order chi connectivity index (χ0) is 17.2. The highest BCUT2D eigenvalue weighted by molar-refractivity contribution is 6.31. The van der Waals surface area contributed by atoms with Crippen LogP contribution in [-0.4, -0.2) is 29.3 Å². The number of carbonyl (C=O) groups excluding carboxylic acids is 2. The van der Waals surface area contributed by atoms with Crippen molar-refractivity contribution in [2.75, 3.05) is 6.54 Å². The van der Waals surface area contributed by atoms with Crippen molar-refractivity contribution in [3.8, 4) is 0 Å². The average Bonchev–Trinajstić information content (AvgIpc) is 2.53. The highest BCUT2D eigenvalue weighted by Gasteiger charge is 2.25. The highest BCUT2D eigenvalue weighted by atomic mass is 35.5. The number of amides is 2. The van der Waals surface area contributed by atoms with Gasteiger partial charge in [0.1, 0.15) is 6.04 Å². The van der Waals surface area contributed by atoms with Gasteiger partial charge in [-0.2, -0.15) is 0 Å². The van der Waals surface area contributed by atoms with Gasteiger partial charge < -0.3 is 10.2 Å². The average molecular weight is 339 g/mol. The molecule has 1 rings (SSSR count). The van der Waals surface area contributed by atoms with Gasteiger partial charge in [-0.25, -0.2) is 0 Å². The summed E-state index contributed by atoms with van der Waals surface area (Å²) in [6, 6.07) is 6.91. The van der Waals surface area contributed by atoms with E-state index in [4.69, 9.17) is 11.6 Å². The van der Waals surface area contributed by atoms with Gasteiger partial charge in [-0.05, 0) is 31.4 Å². The minimum atomic E-state index is -0.512. The van der Waals surface area contributed by atoms with Crippen molar-refractivity contribution in [1.29, 1.82) is 0 Å². The summed E-state index contributed by atoms with van der Waals surface area (Å²) in [7, 11) is 0. The Morgan fingerprint density at radius 3 is 2.52 bits per heavy atom. The molecule has 0 fully saturated rings. The first-order chi connectivity index (χ1) is 11.0. The monoisotopic (exact) mass is 338 g/mol. The van der Waals surface area contributed by atoms with Crippen LogP contribution >= 0.6 is 11.6 Å². The number of rotatable bonds is 9. The second-order valence-corrected chi connectivity index (χ2v) is 6.09. The summed E-state index contributed by atoms with van der Waals surface area (Å²) in [5.74, 6) is -0.138. The smallest absolute Gasteiger partial charge is 0.242 e. The van der Waals surface area contributed by atoms with Crippen LogP contribution in [0, 0.1) is 0 Å². The molecule has 0 bridgehead atoms. The summed E-state index contributed by atoms with van der Waals surface area (Å²) >= 11 is 6.20. The molecule has 2 amide bonds. The van der Waals surface area contributed by atoms with E-state index < -0.39 is 6.04 Å². The molecular formula is C18H27ClN2O2. The van der Waals surface area contributed by atoms with Gasteiger partial charge in [0.05, 0.1) is 0 Å². The van der Waals surface area contributed by atoms with Crippen LogP contribution in [-0.2, 0) is 16.1 Å². The lowest BCUT2D eigenvalue weighted by Crippen LogP contribution is -2.47. The fourth-order valence-electron chi connectivity index (χ4n) is 2.29. The van der Waals surface area contributed by atoms with E-state index in [0.29, 0.717) is 24.5 Å². The Morgan fingerprint density at radius 1 is 1.22 bits per heavy atom. The fourth-order valence-corrected chi connectivity index (χ4v) is 2.48. The first kappa shape index (κ1) is 19.5. The predicted molar refractivity (Wildman–Crippen MR) is 94.3 cm³/mol. The van der Waals surface area contributed by atoms with Crippen LogP contribution in [0.1, 0.15) is 52.0 Å². The molecule has 0 saturated heterocycles. The van der Waals surface area contributed by atoms with Crippen molar-refractivity contribution < 1.29 is 9.59 Å². The third kappa shape index (κ3) is 6.22. The quantitative estimate of drug-likeness (QED) is 0.697. The van der Waals surface area contributed by atoms with E-state index >= 15 is 0 Å². The lowest BCUT2D eigenvalue weighted by atomic mass is 10.1. The first-order valence-electron chi connectivity index (χ1n) is 8.31. The molecular weight excluding hydrogens is 312 g/mol. The molecule has 128 valence electrons. The maximum atomic E-state index is 12.4. The van der Waals surface area contributed by atoms with Crippen LogP contribution in [0.25, 0.3) is 0 Å². The number of nitrogens with one attached hydrogen (secondary N) is 1. The van der Waals surface area contributed by atoms with Crippen LogP contribution in [0.5, 0.6) is 0 Å². The van der Waals surface area contributed by atoms with Crippen LogP contribution < -0.4 is 5.32 Å². The van der Waals surface area contributed by atoms with E-state index in [1.807, 2.05) is 25.1 Å². The maximum Gasteiger partial charge on any atom is 0.242 e.